The zero-order valence-corrected chi connectivity index (χ0v) is 16.1. The monoisotopic (exact) mass is 377 g/mol. The molecule has 1 heterocycles. The van der Waals surface area contributed by atoms with Crippen LogP contribution in [-0.2, 0) is 9.47 Å². The van der Waals surface area contributed by atoms with E-state index < -0.39 is 6.09 Å². The summed E-state index contributed by atoms with van der Waals surface area (Å²) in [6.45, 7) is 6.41. The average molecular weight is 377 g/mol. The van der Waals surface area contributed by atoms with Crippen LogP contribution in [0.15, 0.2) is 24.3 Å². The number of thiazole rings is 1. The summed E-state index contributed by atoms with van der Waals surface area (Å²) in [5.41, 5.74) is 1.81. The average Bonchev–Trinajstić information content (AvgIpc) is 2.97. The summed E-state index contributed by atoms with van der Waals surface area (Å²) < 4.78 is 9.77. The van der Waals surface area contributed by atoms with Gasteiger partial charge >= 0.3 is 6.09 Å². The summed E-state index contributed by atoms with van der Waals surface area (Å²) in [4.78, 5) is 29.2. The van der Waals surface area contributed by atoms with E-state index in [1.165, 1.54) is 18.4 Å². The molecule has 140 valence electrons. The first-order valence-corrected chi connectivity index (χ1v) is 9.03. The minimum absolute atomic E-state index is 0.168. The second-order valence-corrected chi connectivity index (χ2v) is 6.94. The molecule has 1 aromatic heterocycles. The van der Waals surface area contributed by atoms with Gasteiger partial charge in [-0.1, -0.05) is 19.9 Å². The maximum atomic E-state index is 12.5. The van der Waals surface area contributed by atoms with Crippen LogP contribution in [0, 0.1) is 6.92 Å². The Morgan fingerprint density at radius 3 is 2.50 bits per heavy atom. The fourth-order valence-electron chi connectivity index (χ4n) is 2.11. The molecule has 0 aliphatic heterocycles. The first-order valence-electron chi connectivity index (χ1n) is 8.22. The molecule has 0 aliphatic rings. The number of carbonyl (C=O) groups excluding carboxylic acids is 2. The Morgan fingerprint density at radius 1 is 1.19 bits per heavy atom. The van der Waals surface area contributed by atoms with Crippen LogP contribution in [0.5, 0.6) is 0 Å². The fraction of sp³-hybridized carbons (Fsp3) is 0.389. The number of nitrogens with one attached hydrogen (secondary N) is 2. The minimum atomic E-state index is -0.578. The number of carbonyl (C=O) groups is 2. The molecule has 0 atom stereocenters. The van der Waals surface area contributed by atoms with Gasteiger partial charge in [0.25, 0.3) is 5.91 Å². The van der Waals surface area contributed by atoms with Gasteiger partial charge < -0.3 is 14.8 Å². The molecule has 7 nitrogen and oxygen atoms in total. The van der Waals surface area contributed by atoms with E-state index in [1.54, 1.807) is 24.3 Å². The number of aryl methyl sites for hydroxylation is 1. The molecule has 0 fully saturated rings. The molecule has 8 heteroatoms. The summed E-state index contributed by atoms with van der Waals surface area (Å²) in [7, 11) is 1.53. The molecule has 0 unspecified atom stereocenters. The van der Waals surface area contributed by atoms with E-state index in [1.807, 2.05) is 20.8 Å². The van der Waals surface area contributed by atoms with Crippen molar-refractivity contribution >= 4 is 34.7 Å². The third-order valence-corrected chi connectivity index (χ3v) is 4.86. The van der Waals surface area contributed by atoms with Gasteiger partial charge in [-0.2, -0.15) is 0 Å². The van der Waals surface area contributed by atoms with Crippen LogP contribution in [0.4, 0.5) is 16.2 Å². The van der Waals surface area contributed by atoms with Gasteiger partial charge in [0.1, 0.15) is 11.5 Å². The van der Waals surface area contributed by atoms with Gasteiger partial charge in [-0.25, -0.2) is 9.78 Å². The molecule has 2 N–H and O–H groups in total. The van der Waals surface area contributed by atoms with Crippen LogP contribution in [0.3, 0.4) is 0 Å². The van der Waals surface area contributed by atoms with Crippen LogP contribution >= 0.6 is 11.3 Å². The fourth-order valence-corrected chi connectivity index (χ4v) is 3.07. The van der Waals surface area contributed by atoms with Gasteiger partial charge in [0, 0.05) is 24.4 Å². The van der Waals surface area contributed by atoms with Crippen molar-refractivity contribution in [3.63, 3.8) is 0 Å². The second-order valence-electron chi connectivity index (χ2n) is 5.91. The van der Waals surface area contributed by atoms with Gasteiger partial charge in [-0.15, -0.1) is 11.3 Å². The molecule has 0 saturated carbocycles. The SMILES string of the molecule is COCCOC(=O)Nc1cccc(NC(=O)c2sc(C(C)C)nc2C)c1. The molecule has 0 spiro atoms. The molecule has 0 radical (unpaired) electrons. The molecule has 26 heavy (non-hydrogen) atoms. The lowest BCUT2D eigenvalue weighted by Crippen LogP contribution is -2.16. The van der Waals surface area contributed by atoms with Crippen molar-refractivity contribution in [1.82, 2.24) is 4.98 Å². The normalized spacial score (nSPS) is 10.7. The smallest absolute Gasteiger partial charge is 0.411 e. The number of ether oxygens (including phenoxy) is 2. The summed E-state index contributed by atoms with van der Waals surface area (Å²) in [6, 6.07) is 6.86. The number of methoxy groups -OCH3 is 1. The van der Waals surface area contributed by atoms with Crippen LogP contribution < -0.4 is 10.6 Å². The molecule has 2 aromatic rings. The number of benzene rings is 1. The number of anilines is 2. The van der Waals surface area contributed by atoms with Crippen molar-refractivity contribution in [1.29, 1.82) is 0 Å². The molecule has 0 bridgehead atoms. The molecule has 0 saturated heterocycles. The Balaban J connectivity index is 2.01. The van der Waals surface area contributed by atoms with E-state index in [4.69, 9.17) is 9.47 Å². The third-order valence-electron chi connectivity index (χ3n) is 3.40. The van der Waals surface area contributed by atoms with Crippen LogP contribution in [-0.4, -0.2) is 37.3 Å². The highest BCUT2D eigenvalue weighted by Gasteiger charge is 2.17. The van der Waals surface area contributed by atoms with Gasteiger partial charge in [-0.3, -0.25) is 10.1 Å². The molecule has 2 rings (SSSR count). The maximum absolute atomic E-state index is 12.5. The quantitative estimate of drug-likeness (QED) is 0.711. The highest BCUT2D eigenvalue weighted by molar-refractivity contribution is 7.14. The van der Waals surface area contributed by atoms with Crippen LogP contribution in [0.1, 0.15) is 40.1 Å². The zero-order valence-electron chi connectivity index (χ0n) is 15.3. The van der Waals surface area contributed by atoms with E-state index in [2.05, 4.69) is 15.6 Å². The topological polar surface area (TPSA) is 89.5 Å². The standard InChI is InChI=1S/C18H23N3O4S/c1-11(2)17-19-12(3)15(26-17)16(22)20-13-6-5-7-14(10-13)21-18(23)25-9-8-24-4/h5-7,10-11H,8-9H2,1-4H3,(H,20,22)(H,21,23). The third kappa shape index (κ3) is 5.53. The number of amides is 2. The predicted octanol–water partition coefficient (Wildman–Crippen LogP) is 4.02. The lowest BCUT2D eigenvalue weighted by Gasteiger charge is -2.09. The predicted molar refractivity (Wildman–Crippen MR) is 102 cm³/mol. The molecular formula is C18H23N3O4S. The zero-order chi connectivity index (χ0) is 19.1. The highest BCUT2D eigenvalue weighted by Crippen LogP contribution is 2.25. The number of aromatic nitrogens is 1. The van der Waals surface area contributed by atoms with Crippen molar-refractivity contribution in [3.8, 4) is 0 Å². The van der Waals surface area contributed by atoms with Gasteiger partial charge in [-0.05, 0) is 25.1 Å². The number of nitrogens with zero attached hydrogens (tertiary/aromatic N) is 1. The van der Waals surface area contributed by atoms with Crippen molar-refractivity contribution < 1.29 is 19.1 Å². The first-order chi connectivity index (χ1) is 12.4. The Morgan fingerprint density at radius 2 is 1.88 bits per heavy atom. The Labute approximate surface area is 156 Å². The number of hydrogen-bond acceptors (Lipinski definition) is 6. The first kappa shape index (κ1) is 19.9. The molecule has 2 amide bonds. The number of rotatable bonds is 7. The van der Waals surface area contributed by atoms with Gasteiger partial charge in [0.15, 0.2) is 0 Å². The Kier molecular flexibility index (Phi) is 7.11. The Hall–Kier alpha value is -2.45. The summed E-state index contributed by atoms with van der Waals surface area (Å²) in [6.07, 6.45) is -0.578. The van der Waals surface area contributed by atoms with E-state index >= 15 is 0 Å². The highest BCUT2D eigenvalue weighted by atomic mass is 32.1. The summed E-state index contributed by atoms with van der Waals surface area (Å²) in [5, 5.41) is 6.38. The largest absolute Gasteiger partial charge is 0.447 e. The summed E-state index contributed by atoms with van der Waals surface area (Å²) in [5.74, 6) is 0.0589. The number of hydrogen-bond donors (Lipinski definition) is 2. The van der Waals surface area contributed by atoms with Gasteiger partial charge in [0.2, 0.25) is 0 Å². The van der Waals surface area contributed by atoms with Crippen molar-refractivity contribution in [3.05, 3.63) is 39.8 Å². The van der Waals surface area contributed by atoms with Crippen molar-refractivity contribution in [2.45, 2.75) is 26.7 Å². The second kappa shape index (κ2) is 9.30. The van der Waals surface area contributed by atoms with Crippen LogP contribution in [0.25, 0.3) is 0 Å². The minimum Gasteiger partial charge on any atom is -0.447 e. The van der Waals surface area contributed by atoms with Crippen LogP contribution in [0.2, 0.25) is 0 Å². The molecular weight excluding hydrogens is 354 g/mol. The lowest BCUT2D eigenvalue weighted by atomic mass is 10.2. The van der Waals surface area contributed by atoms with E-state index in [0.29, 0.717) is 28.6 Å². The molecule has 0 aliphatic carbocycles. The van der Waals surface area contributed by atoms with E-state index in [-0.39, 0.29) is 18.4 Å². The lowest BCUT2D eigenvalue weighted by molar-refractivity contribution is 0.102. The van der Waals surface area contributed by atoms with Gasteiger partial charge in [0.05, 0.1) is 17.3 Å². The van der Waals surface area contributed by atoms with E-state index in [9.17, 15) is 9.59 Å². The van der Waals surface area contributed by atoms with Crippen molar-refractivity contribution in [2.24, 2.45) is 0 Å². The molecule has 1 aromatic carbocycles. The maximum Gasteiger partial charge on any atom is 0.411 e. The van der Waals surface area contributed by atoms with E-state index in [0.717, 1.165) is 5.01 Å². The Bertz CT molecular complexity index is 774. The summed E-state index contributed by atoms with van der Waals surface area (Å²) >= 11 is 1.40. The van der Waals surface area contributed by atoms with Crippen molar-refractivity contribution in [2.75, 3.05) is 31.0 Å².